The van der Waals surface area contributed by atoms with Crippen molar-refractivity contribution in [2.24, 2.45) is 0 Å². The molecule has 2 aromatic rings. The molecule has 1 aromatic heterocycles. The van der Waals surface area contributed by atoms with Gasteiger partial charge in [-0.05, 0) is 12.1 Å². The summed E-state index contributed by atoms with van der Waals surface area (Å²) < 4.78 is 4.65. The maximum absolute atomic E-state index is 11.7. The summed E-state index contributed by atoms with van der Waals surface area (Å²) in [4.78, 5) is 11.7. The van der Waals surface area contributed by atoms with Crippen molar-refractivity contribution in [1.29, 1.82) is 15.8 Å². The fourth-order valence-corrected chi connectivity index (χ4v) is 1.84. The Morgan fingerprint density at radius 3 is 2.59 bits per heavy atom. The lowest BCUT2D eigenvalue weighted by Crippen LogP contribution is -2.05. The summed E-state index contributed by atoms with van der Waals surface area (Å²) in [6, 6.07) is 9.95. The average molecular weight is 292 g/mol. The van der Waals surface area contributed by atoms with E-state index in [9.17, 15) is 4.79 Å². The number of carbonyl (C=O) groups excluding carboxylic acids is 1. The highest BCUT2D eigenvalue weighted by atomic mass is 16.5. The van der Waals surface area contributed by atoms with Crippen LogP contribution in [0.3, 0.4) is 0 Å². The Hall–Kier alpha value is -3.83. The Balaban J connectivity index is 2.63. The third-order valence-electron chi connectivity index (χ3n) is 2.81. The van der Waals surface area contributed by atoms with E-state index in [0.717, 1.165) is 0 Å². The Bertz CT molecular complexity index is 888. The molecule has 0 bridgehead atoms. The fraction of sp³-hybridized carbons (Fsp3) is 0.0714. The largest absolute Gasteiger partial charge is 0.464 e. The van der Waals surface area contributed by atoms with Crippen molar-refractivity contribution in [3.8, 4) is 18.2 Å². The van der Waals surface area contributed by atoms with Gasteiger partial charge in [-0.15, -0.1) is 0 Å². The normalized spacial score (nSPS) is 9.18. The molecule has 0 saturated carbocycles. The number of hydrogen-bond donors (Lipinski definition) is 2. The number of esters is 1. The van der Waals surface area contributed by atoms with Crippen molar-refractivity contribution in [2.75, 3.05) is 12.4 Å². The molecule has 106 valence electrons. The van der Waals surface area contributed by atoms with Crippen LogP contribution in [-0.2, 0) is 4.74 Å². The van der Waals surface area contributed by atoms with Gasteiger partial charge >= 0.3 is 5.97 Å². The van der Waals surface area contributed by atoms with Gasteiger partial charge < -0.3 is 10.1 Å². The van der Waals surface area contributed by atoms with Crippen LogP contribution in [0.25, 0.3) is 10.9 Å². The minimum Gasteiger partial charge on any atom is -0.464 e. The lowest BCUT2D eigenvalue weighted by molar-refractivity contribution is 0.0596. The highest BCUT2D eigenvalue weighted by Gasteiger charge is 2.18. The van der Waals surface area contributed by atoms with Gasteiger partial charge in [-0.2, -0.15) is 20.9 Å². The number of carbonyl (C=O) groups is 1. The maximum Gasteiger partial charge on any atom is 0.359 e. The smallest absolute Gasteiger partial charge is 0.359 e. The zero-order valence-corrected chi connectivity index (χ0v) is 11.3. The molecule has 0 fully saturated rings. The van der Waals surface area contributed by atoms with Gasteiger partial charge in [0.05, 0.1) is 23.7 Å². The number of benzene rings is 1. The van der Waals surface area contributed by atoms with Gasteiger partial charge in [0.2, 0.25) is 0 Å². The number of nitriles is 3. The molecule has 0 spiro atoms. The number of aromatic amines is 1. The van der Waals surface area contributed by atoms with E-state index in [1.54, 1.807) is 36.4 Å². The van der Waals surface area contributed by atoms with E-state index in [0.29, 0.717) is 16.6 Å². The van der Waals surface area contributed by atoms with Gasteiger partial charge in [-0.25, -0.2) is 4.79 Å². The number of fused-ring (bicyclic) bond motifs is 1. The van der Waals surface area contributed by atoms with Crippen molar-refractivity contribution in [3.63, 3.8) is 0 Å². The van der Waals surface area contributed by atoms with E-state index < -0.39 is 5.97 Å². The van der Waals surface area contributed by atoms with Crippen LogP contribution in [0, 0.1) is 34.0 Å². The minimum atomic E-state index is -0.649. The standard InChI is InChI=1S/C14H8N6O2/c1-22-14(21)13-12-9(3-2-4-10(12)19-20-13)18-11(7-17)8(5-15)6-16/h2-4,18H,1H3,(H,19,20). The van der Waals surface area contributed by atoms with E-state index in [4.69, 9.17) is 15.8 Å². The summed E-state index contributed by atoms with van der Waals surface area (Å²) in [5.74, 6) is -0.649. The highest BCUT2D eigenvalue weighted by Crippen LogP contribution is 2.27. The van der Waals surface area contributed by atoms with Gasteiger partial charge in [0.25, 0.3) is 0 Å². The fourth-order valence-electron chi connectivity index (χ4n) is 1.84. The van der Waals surface area contributed by atoms with Crippen molar-refractivity contribution in [2.45, 2.75) is 0 Å². The van der Waals surface area contributed by atoms with E-state index in [-0.39, 0.29) is 17.0 Å². The van der Waals surface area contributed by atoms with E-state index in [1.807, 2.05) is 0 Å². The van der Waals surface area contributed by atoms with Crippen molar-refractivity contribution < 1.29 is 9.53 Å². The van der Waals surface area contributed by atoms with Crippen LogP contribution in [0.5, 0.6) is 0 Å². The predicted octanol–water partition coefficient (Wildman–Crippen LogP) is 1.59. The monoisotopic (exact) mass is 292 g/mol. The lowest BCUT2D eigenvalue weighted by Gasteiger charge is -2.07. The van der Waals surface area contributed by atoms with Gasteiger partial charge in [-0.3, -0.25) is 5.10 Å². The summed E-state index contributed by atoms with van der Waals surface area (Å²) in [6.07, 6.45) is 0. The van der Waals surface area contributed by atoms with Gasteiger partial charge in [-0.1, -0.05) is 6.07 Å². The SMILES string of the molecule is COC(=O)c1n[nH]c2cccc(NC(C#N)=C(C#N)C#N)c12. The number of methoxy groups -OCH3 is 1. The Labute approximate surface area is 124 Å². The molecule has 0 aliphatic heterocycles. The lowest BCUT2D eigenvalue weighted by atomic mass is 10.1. The summed E-state index contributed by atoms with van der Waals surface area (Å²) >= 11 is 0. The highest BCUT2D eigenvalue weighted by molar-refractivity contribution is 6.07. The number of hydrogen-bond acceptors (Lipinski definition) is 7. The Morgan fingerprint density at radius 1 is 1.27 bits per heavy atom. The first kappa shape index (κ1) is 14.6. The van der Waals surface area contributed by atoms with Crippen LogP contribution in [-0.4, -0.2) is 23.3 Å². The van der Waals surface area contributed by atoms with E-state index in [2.05, 4.69) is 20.3 Å². The van der Waals surface area contributed by atoms with Crippen LogP contribution in [0.4, 0.5) is 5.69 Å². The summed E-state index contributed by atoms with van der Waals surface area (Å²) in [5.41, 5.74) is 0.356. The second-order valence-corrected chi connectivity index (χ2v) is 4.00. The summed E-state index contributed by atoms with van der Waals surface area (Å²) in [5, 5.41) is 36.4. The summed E-state index contributed by atoms with van der Waals surface area (Å²) in [6.45, 7) is 0. The van der Waals surface area contributed by atoms with Crippen LogP contribution >= 0.6 is 0 Å². The predicted molar refractivity (Wildman–Crippen MR) is 74.9 cm³/mol. The molecule has 0 unspecified atom stereocenters. The van der Waals surface area contributed by atoms with Gasteiger partial charge in [0.15, 0.2) is 11.3 Å². The molecular formula is C14H8N6O2. The molecule has 0 radical (unpaired) electrons. The van der Waals surface area contributed by atoms with Crippen LogP contribution in [0.15, 0.2) is 29.5 Å². The third kappa shape index (κ3) is 2.43. The molecule has 8 heteroatoms. The minimum absolute atomic E-state index is 0.0355. The number of anilines is 1. The van der Waals surface area contributed by atoms with Crippen molar-refractivity contribution in [3.05, 3.63) is 35.2 Å². The molecule has 0 amide bonds. The summed E-state index contributed by atoms with van der Waals surface area (Å²) in [7, 11) is 1.23. The maximum atomic E-state index is 11.7. The quantitative estimate of drug-likeness (QED) is 0.646. The van der Waals surface area contributed by atoms with Crippen LogP contribution in [0.1, 0.15) is 10.5 Å². The first-order valence-corrected chi connectivity index (χ1v) is 5.93. The second kappa shape index (κ2) is 6.08. The topological polar surface area (TPSA) is 138 Å². The molecule has 2 N–H and O–H groups in total. The first-order chi connectivity index (χ1) is 10.7. The van der Waals surface area contributed by atoms with Crippen molar-refractivity contribution >= 4 is 22.6 Å². The molecule has 0 saturated heterocycles. The molecule has 1 aromatic carbocycles. The molecule has 8 nitrogen and oxygen atoms in total. The molecule has 22 heavy (non-hydrogen) atoms. The average Bonchev–Trinajstić information content (AvgIpc) is 2.99. The Kier molecular flexibility index (Phi) is 4.03. The molecule has 0 atom stereocenters. The number of aromatic nitrogens is 2. The van der Waals surface area contributed by atoms with Crippen molar-refractivity contribution in [1.82, 2.24) is 10.2 Å². The molecular weight excluding hydrogens is 284 g/mol. The third-order valence-corrected chi connectivity index (χ3v) is 2.81. The molecule has 1 heterocycles. The molecule has 2 rings (SSSR count). The Morgan fingerprint density at radius 2 is 2.00 bits per heavy atom. The van der Waals surface area contributed by atoms with Crippen LogP contribution in [0.2, 0.25) is 0 Å². The zero-order chi connectivity index (χ0) is 16.1. The second-order valence-electron chi connectivity index (χ2n) is 4.00. The number of rotatable bonds is 3. The van der Waals surface area contributed by atoms with Crippen LogP contribution < -0.4 is 5.32 Å². The molecule has 0 aliphatic rings. The number of H-pyrrole nitrogens is 1. The number of ether oxygens (including phenoxy) is 1. The van der Waals surface area contributed by atoms with Gasteiger partial charge in [0, 0.05) is 0 Å². The van der Waals surface area contributed by atoms with E-state index >= 15 is 0 Å². The first-order valence-electron chi connectivity index (χ1n) is 5.93. The van der Waals surface area contributed by atoms with E-state index in [1.165, 1.54) is 7.11 Å². The molecule has 0 aliphatic carbocycles. The number of allylic oxidation sites excluding steroid dienone is 2. The van der Waals surface area contributed by atoms with Gasteiger partial charge in [0.1, 0.15) is 23.9 Å². The number of nitrogens with one attached hydrogen (secondary N) is 2. The zero-order valence-electron chi connectivity index (χ0n) is 11.3. The number of nitrogens with zero attached hydrogens (tertiary/aromatic N) is 4.